The van der Waals surface area contributed by atoms with Crippen molar-refractivity contribution >= 4 is 17.9 Å². The molecule has 442 valence electrons. The van der Waals surface area contributed by atoms with E-state index in [9.17, 15) is 14.4 Å². The van der Waals surface area contributed by atoms with Crippen LogP contribution >= 0.6 is 0 Å². The quantitative estimate of drug-likeness (QED) is 0.0261. The van der Waals surface area contributed by atoms with Crippen LogP contribution in [-0.4, -0.2) is 37.2 Å². The van der Waals surface area contributed by atoms with Crippen molar-refractivity contribution in [1.29, 1.82) is 0 Å². The smallest absolute Gasteiger partial charge is 0.306 e. The Hall–Kier alpha value is -3.67. The summed E-state index contributed by atoms with van der Waals surface area (Å²) in [7, 11) is 0. The van der Waals surface area contributed by atoms with Gasteiger partial charge in [0.25, 0.3) is 0 Å². The van der Waals surface area contributed by atoms with E-state index in [2.05, 4.69) is 118 Å². The molecule has 0 aromatic rings. The molecular weight excluding hydrogens is 949 g/mol. The topological polar surface area (TPSA) is 78.9 Å². The molecule has 1 atom stereocenters. The van der Waals surface area contributed by atoms with Crippen LogP contribution in [0.15, 0.2) is 97.2 Å². The molecule has 0 radical (unpaired) electrons. The first kappa shape index (κ1) is 73.3. The van der Waals surface area contributed by atoms with Gasteiger partial charge >= 0.3 is 17.9 Å². The Morgan fingerprint density at radius 3 is 0.818 bits per heavy atom. The predicted molar refractivity (Wildman–Crippen MR) is 334 cm³/mol. The summed E-state index contributed by atoms with van der Waals surface area (Å²) in [6.07, 6.45) is 86.9. The van der Waals surface area contributed by atoms with E-state index in [4.69, 9.17) is 14.2 Å². The molecule has 0 N–H and O–H groups in total. The number of unbranched alkanes of at least 4 members (excludes halogenated alkanes) is 32. The molecule has 0 aromatic carbocycles. The fourth-order valence-electron chi connectivity index (χ4n) is 9.18. The van der Waals surface area contributed by atoms with Crippen LogP contribution in [0.25, 0.3) is 0 Å². The zero-order valence-corrected chi connectivity index (χ0v) is 50.7. The molecule has 0 saturated heterocycles. The van der Waals surface area contributed by atoms with E-state index in [1.807, 2.05) is 0 Å². The summed E-state index contributed by atoms with van der Waals surface area (Å²) >= 11 is 0. The number of esters is 3. The van der Waals surface area contributed by atoms with E-state index in [0.29, 0.717) is 19.3 Å². The molecule has 0 aromatic heterocycles. The van der Waals surface area contributed by atoms with Crippen molar-refractivity contribution in [2.24, 2.45) is 0 Å². The van der Waals surface area contributed by atoms with E-state index in [1.165, 1.54) is 161 Å². The highest BCUT2D eigenvalue weighted by Crippen LogP contribution is 2.16. The summed E-state index contributed by atoms with van der Waals surface area (Å²) < 4.78 is 16.9. The molecule has 0 aliphatic heterocycles. The number of hydrogen-bond donors (Lipinski definition) is 0. The van der Waals surface area contributed by atoms with Gasteiger partial charge in [-0.3, -0.25) is 14.4 Å². The van der Waals surface area contributed by atoms with Gasteiger partial charge in [-0.2, -0.15) is 0 Å². The first-order chi connectivity index (χ1) is 38.0. The first-order valence-electron chi connectivity index (χ1n) is 32.7. The summed E-state index contributed by atoms with van der Waals surface area (Å²) in [5, 5.41) is 0. The third-order valence-corrected chi connectivity index (χ3v) is 14.1. The summed E-state index contributed by atoms with van der Waals surface area (Å²) in [6.45, 7) is 6.52. The minimum atomic E-state index is -0.785. The largest absolute Gasteiger partial charge is 0.462 e. The lowest BCUT2D eigenvalue weighted by atomic mass is 10.0. The molecule has 1 unspecified atom stereocenters. The highest BCUT2D eigenvalue weighted by Gasteiger charge is 2.19. The standard InChI is InChI=1S/C71H122O6/c1-4-7-10-13-16-19-22-25-28-30-31-32-33-34-35-36-37-38-39-41-43-46-49-52-55-58-61-64-70(73)76-67-68(66-75-69(72)63-60-57-54-51-48-45-42-27-24-21-18-15-12-9-6-3)77-71(74)65-62-59-56-53-50-47-44-40-29-26-23-20-17-14-11-8-5-2/h7,10,16-17,19-20,25-26,28-29,31-32,34-35,37-38,68H,4-6,8-9,11-15,18,21-24,27,30,33,36,39-67H2,1-3H3/b10-7-,19-16-,20-17-,28-25-,29-26-,32-31-,35-34-,38-37-. The monoisotopic (exact) mass is 1070 g/mol. The SMILES string of the molecule is CC/C=C\C/C=C\C/C=C\C/C=C\C/C=C\C/C=C\CCCCCCCCCCC(=O)OCC(COC(=O)CCCCCCCCCCCCCCCCC)OC(=O)CCCCCCCCC/C=C\C/C=C\CCCCC. The Labute approximate surface area is 477 Å². The van der Waals surface area contributed by atoms with Gasteiger partial charge in [0, 0.05) is 19.3 Å². The Morgan fingerprint density at radius 2 is 0.506 bits per heavy atom. The van der Waals surface area contributed by atoms with E-state index in [0.717, 1.165) is 116 Å². The van der Waals surface area contributed by atoms with Gasteiger partial charge in [0.2, 0.25) is 0 Å². The van der Waals surface area contributed by atoms with Gasteiger partial charge in [-0.25, -0.2) is 0 Å². The van der Waals surface area contributed by atoms with Crippen molar-refractivity contribution in [3.05, 3.63) is 97.2 Å². The van der Waals surface area contributed by atoms with Gasteiger partial charge in [-0.15, -0.1) is 0 Å². The molecule has 6 nitrogen and oxygen atoms in total. The van der Waals surface area contributed by atoms with Crippen LogP contribution < -0.4 is 0 Å². The molecule has 0 bridgehead atoms. The van der Waals surface area contributed by atoms with Gasteiger partial charge < -0.3 is 14.2 Å². The lowest BCUT2D eigenvalue weighted by molar-refractivity contribution is -0.167. The van der Waals surface area contributed by atoms with Crippen LogP contribution in [-0.2, 0) is 28.6 Å². The minimum absolute atomic E-state index is 0.0804. The number of ether oxygens (including phenoxy) is 3. The van der Waals surface area contributed by atoms with Gasteiger partial charge in [-0.1, -0.05) is 291 Å². The predicted octanol–water partition coefficient (Wildman–Crippen LogP) is 22.4. The summed E-state index contributed by atoms with van der Waals surface area (Å²) in [4.78, 5) is 38.3. The van der Waals surface area contributed by atoms with E-state index in [1.54, 1.807) is 0 Å². The van der Waals surface area contributed by atoms with Gasteiger partial charge in [0.05, 0.1) is 0 Å². The van der Waals surface area contributed by atoms with Crippen molar-refractivity contribution in [3.63, 3.8) is 0 Å². The third kappa shape index (κ3) is 63.0. The average molecular weight is 1070 g/mol. The van der Waals surface area contributed by atoms with Crippen LogP contribution in [0.5, 0.6) is 0 Å². The summed E-state index contributed by atoms with van der Waals surface area (Å²) in [5.74, 6) is -0.884. The molecule has 0 saturated carbocycles. The van der Waals surface area contributed by atoms with Crippen molar-refractivity contribution < 1.29 is 28.6 Å². The Bertz CT molecular complexity index is 1510. The highest BCUT2D eigenvalue weighted by atomic mass is 16.6. The fourth-order valence-corrected chi connectivity index (χ4v) is 9.18. The first-order valence-corrected chi connectivity index (χ1v) is 32.7. The Kier molecular flexibility index (Phi) is 61.8. The second-order valence-electron chi connectivity index (χ2n) is 21.6. The number of carbonyl (C=O) groups is 3. The molecular formula is C71H122O6. The maximum Gasteiger partial charge on any atom is 0.306 e. The van der Waals surface area contributed by atoms with Crippen molar-refractivity contribution in [2.75, 3.05) is 13.2 Å². The lowest BCUT2D eigenvalue weighted by Gasteiger charge is -2.18. The zero-order valence-electron chi connectivity index (χ0n) is 50.7. The second kappa shape index (κ2) is 64.9. The van der Waals surface area contributed by atoms with Crippen LogP contribution in [0.3, 0.4) is 0 Å². The van der Waals surface area contributed by atoms with E-state index < -0.39 is 6.10 Å². The molecule has 0 aliphatic carbocycles. The van der Waals surface area contributed by atoms with Crippen LogP contribution in [0, 0.1) is 0 Å². The van der Waals surface area contributed by atoms with Gasteiger partial charge in [0.15, 0.2) is 6.10 Å². The van der Waals surface area contributed by atoms with Crippen molar-refractivity contribution in [2.45, 2.75) is 322 Å². The van der Waals surface area contributed by atoms with Crippen molar-refractivity contribution in [3.8, 4) is 0 Å². The summed E-state index contributed by atoms with van der Waals surface area (Å²) in [6, 6.07) is 0. The lowest BCUT2D eigenvalue weighted by Crippen LogP contribution is -2.30. The normalized spacial score (nSPS) is 12.7. The Morgan fingerprint density at radius 1 is 0.273 bits per heavy atom. The number of rotatable bonds is 59. The maximum atomic E-state index is 12.9. The van der Waals surface area contributed by atoms with Crippen LogP contribution in [0.4, 0.5) is 0 Å². The molecule has 0 fully saturated rings. The number of allylic oxidation sites excluding steroid dienone is 16. The van der Waals surface area contributed by atoms with Gasteiger partial charge in [0.1, 0.15) is 13.2 Å². The van der Waals surface area contributed by atoms with Gasteiger partial charge in [-0.05, 0) is 103 Å². The highest BCUT2D eigenvalue weighted by molar-refractivity contribution is 5.71. The van der Waals surface area contributed by atoms with E-state index in [-0.39, 0.29) is 31.1 Å². The van der Waals surface area contributed by atoms with Crippen LogP contribution in [0.1, 0.15) is 316 Å². The van der Waals surface area contributed by atoms with Crippen molar-refractivity contribution in [1.82, 2.24) is 0 Å². The summed E-state index contributed by atoms with van der Waals surface area (Å²) in [5.41, 5.74) is 0. The Balaban J connectivity index is 4.35. The molecule has 0 aliphatic rings. The second-order valence-corrected chi connectivity index (χ2v) is 21.6. The zero-order chi connectivity index (χ0) is 55.7. The van der Waals surface area contributed by atoms with Crippen LogP contribution in [0.2, 0.25) is 0 Å². The average Bonchev–Trinajstić information content (AvgIpc) is 3.43. The fraction of sp³-hybridized carbons (Fsp3) is 0.732. The maximum absolute atomic E-state index is 12.9. The minimum Gasteiger partial charge on any atom is -0.462 e. The molecule has 0 heterocycles. The number of hydrogen-bond acceptors (Lipinski definition) is 6. The molecule has 0 rings (SSSR count). The molecule has 77 heavy (non-hydrogen) atoms. The molecule has 0 spiro atoms. The third-order valence-electron chi connectivity index (χ3n) is 14.1. The molecule has 6 heteroatoms. The number of carbonyl (C=O) groups excluding carboxylic acids is 3. The molecule has 0 amide bonds. The van der Waals surface area contributed by atoms with E-state index >= 15 is 0 Å².